The van der Waals surface area contributed by atoms with Gasteiger partial charge in [-0.1, -0.05) is 12.2 Å². The van der Waals surface area contributed by atoms with Crippen molar-refractivity contribution in [3.8, 4) is 0 Å². The molecule has 1 heterocycles. The number of aliphatic hydroxyl groups excluding tert-OH is 1. The molecular weight excluding hydrogens is 270 g/mol. The SMILES string of the molecule is NC1C=CC(C(=O)N2CCC(C(=O)NCCCO)CC2)C1. The van der Waals surface area contributed by atoms with E-state index in [0.29, 0.717) is 45.3 Å². The molecule has 0 radical (unpaired) electrons. The second kappa shape index (κ2) is 7.56. The minimum absolute atomic E-state index is 0.00575. The zero-order chi connectivity index (χ0) is 15.2. The van der Waals surface area contributed by atoms with E-state index in [-0.39, 0.29) is 36.3 Å². The molecule has 1 aliphatic heterocycles. The van der Waals surface area contributed by atoms with Crippen molar-refractivity contribution >= 4 is 11.8 Å². The summed E-state index contributed by atoms with van der Waals surface area (Å²) >= 11 is 0. The molecule has 2 rings (SSSR count). The summed E-state index contributed by atoms with van der Waals surface area (Å²) in [4.78, 5) is 26.1. The lowest BCUT2D eigenvalue weighted by Crippen LogP contribution is -2.45. The molecule has 4 N–H and O–H groups in total. The van der Waals surface area contributed by atoms with Gasteiger partial charge in [0.2, 0.25) is 11.8 Å². The Balaban J connectivity index is 1.74. The normalized spacial score (nSPS) is 26.1. The van der Waals surface area contributed by atoms with E-state index in [9.17, 15) is 9.59 Å². The molecule has 2 unspecified atom stereocenters. The molecule has 118 valence electrons. The lowest BCUT2D eigenvalue weighted by atomic mass is 9.94. The molecule has 0 aromatic rings. The second-order valence-electron chi connectivity index (χ2n) is 5.86. The topological polar surface area (TPSA) is 95.7 Å². The Hall–Kier alpha value is -1.40. The van der Waals surface area contributed by atoms with E-state index in [1.54, 1.807) is 0 Å². The van der Waals surface area contributed by atoms with Gasteiger partial charge in [-0.15, -0.1) is 0 Å². The zero-order valence-corrected chi connectivity index (χ0v) is 12.3. The summed E-state index contributed by atoms with van der Waals surface area (Å²) in [7, 11) is 0. The number of piperidine rings is 1. The summed E-state index contributed by atoms with van der Waals surface area (Å²) < 4.78 is 0. The minimum atomic E-state index is -0.0880. The Morgan fingerprint density at radius 1 is 1.29 bits per heavy atom. The van der Waals surface area contributed by atoms with Crippen LogP contribution < -0.4 is 11.1 Å². The molecular formula is C15H25N3O3. The summed E-state index contributed by atoms with van der Waals surface area (Å²) in [5.74, 6) is 0.0701. The number of rotatable bonds is 5. The van der Waals surface area contributed by atoms with Crippen LogP contribution in [0.1, 0.15) is 25.7 Å². The van der Waals surface area contributed by atoms with Gasteiger partial charge in [-0.25, -0.2) is 0 Å². The van der Waals surface area contributed by atoms with Crippen LogP contribution in [0.5, 0.6) is 0 Å². The average Bonchev–Trinajstić information content (AvgIpc) is 2.93. The molecule has 2 amide bonds. The standard InChI is InChI=1S/C15H25N3O3/c16-13-3-2-12(10-13)15(21)18-7-4-11(5-8-18)14(20)17-6-1-9-19/h2-3,11-13,19H,1,4-10,16H2,(H,17,20). The highest BCUT2D eigenvalue weighted by atomic mass is 16.3. The zero-order valence-electron chi connectivity index (χ0n) is 12.3. The number of carbonyl (C=O) groups is 2. The number of carbonyl (C=O) groups excluding carboxylic acids is 2. The van der Waals surface area contributed by atoms with Gasteiger partial charge in [-0.3, -0.25) is 9.59 Å². The molecule has 6 heteroatoms. The molecule has 0 saturated carbocycles. The lowest BCUT2D eigenvalue weighted by molar-refractivity contribution is -0.137. The molecule has 1 aliphatic carbocycles. The summed E-state index contributed by atoms with van der Waals surface area (Å²) in [5.41, 5.74) is 5.78. The third-order valence-corrected chi connectivity index (χ3v) is 4.25. The number of amides is 2. The molecule has 0 bridgehead atoms. The minimum Gasteiger partial charge on any atom is -0.396 e. The van der Waals surface area contributed by atoms with Gasteiger partial charge in [0.05, 0.1) is 5.92 Å². The summed E-state index contributed by atoms with van der Waals surface area (Å²) in [5, 5.41) is 11.5. The summed E-state index contributed by atoms with van der Waals surface area (Å²) in [6.45, 7) is 1.87. The van der Waals surface area contributed by atoms with E-state index in [0.717, 1.165) is 0 Å². The van der Waals surface area contributed by atoms with Crippen LogP contribution in [-0.2, 0) is 9.59 Å². The van der Waals surface area contributed by atoms with Crippen molar-refractivity contribution in [2.24, 2.45) is 17.6 Å². The first-order chi connectivity index (χ1) is 10.1. The first-order valence-electron chi connectivity index (χ1n) is 7.73. The first kappa shape index (κ1) is 16.0. The maximum Gasteiger partial charge on any atom is 0.229 e. The van der Waals surface area contributed by atoms with E-state index in [2.05, 4.69) is 5.32 Å². The van der Waals surface area contributed by atoms with Crippen LogP contribution in [0.2, 0.25) is 0 Å². The Labute approximate surface area is 125 Å². The van der Waals surface area contributed by atoms with Gasteiger partial charge in [0.25, 0.3) is 0 Å². The molecule has 2 atom stereocenters. The van der Waals surface area contributed by atoms with Gasteiger partial charge in [0.15, 0.2) is 0 Å². The van der Waals surface area contributed by atoms with Gasteiger partial charge >= 0.3 is 0 Å². The Bertz CT molecular complexity index is 403. The van der Waals surface area contributed by atoms with Crippen molar-refractivity contribution in [2.45, 2.75) is 31.7 Å². The quantitative estimate of drug-likeness (QED) is 0.476. The van der Waals surface area contributed by atoms with Gasteiger partial charge < -0.3 is 21.1 Å². The number of nitrogens with two attached hydrogens (primary N) is 1. The first-order valence-corrected chi connectivity index (χ1v) is 7.73. The van der Waals surface area contributed by atoms with E-state index >= 15 is 0 Å². The van der Waals surface area contributed by atoms with Crippen molar-refractivity contribution in [1.29, 1.82) is 0 Å². The monoisotopic (exact) mass is 295 g/mol. The number of nitrogens with zero attached hydrogens (tertiary/aromatic N) is 1. The predicted molar refractivity (Wildman–Crippen MR) is 79.2 cm³/mol. The fourth-order valence-electron chi connectivity index (χ4n) is 2.94. The fourth-order valence-corrected chi connectivity index (χ4v) is 2.94. The van der Waals surface area contributed by atoms with Crippen LogP contribution in [0.4, 0.5) is 0 Å². The van der Waals surface area contributed by atoms with Crippen LogP contribution >= 0.6 is 0 Å². The molecule has 0 spiro atoms. The van der Waals surface area contributed by atoms with Crippen LogP contribution in [0.3, 0.4) is 0 Å². The van der Waals surface area contributed by atoms with Crippen LogP contribution in [0, 0.1) is 11.8 Å². The molecule has 0 aromatic heterocycles. The molecule has 1 fully saturated rings. The number of hydrogen-bond acceptors (Lipinski definition) is 4. The predicted octanol–water partition coefficient (Wildman–Crippen LogP) is -0.373. The third-order valence-electron chi connectivity index (χ3n) is 4.25. The number of nitrogens with one attached hydrogen (secondary N) is 1. The van der Waals surface area contributed by atoms with Gasteiger partial charge in [-0.05, 0) is 25.7 Å². The summed E-state index contributed by atoms with van der Waals surface area (Å²) in [6, 6.07) is -0.00575. The molecule has 1 saturated heterocycles. The molecule has 6 nitrogen and oxygen atoms in total. The molecule has 21 heavy (non-hydrogen) atoms. The Morgan fingerprint density at radius 3 is 2.57 bits per heavy atom. The highest BCUT2D eigenvalue weighted by Gasteiger charge is 2.31. The van der Waals surface area contributed by atoms with Crippen LogP contribution in [-0.4, -0.2) is 54.1 Å². The number of hydrogen-bond donors (Lipinski definition) is 3. The van der Waals surface area contributed by atoms with E-state index in [4.69, 9.17) is 10.8 Å². The van der Waals surface area contributed by atoms with E-state index < -0.39 is 0 Å². The van der Waals surface area contributed by atoms with Crippen molar-refractivity contribution in [2.75, 3.05) is 26.2 Å². The molecule has 2 aliphatic rings. The molecule has 0 aromatic carbocycles. The second-order valence-corrected chi connectivity index (χ2v) is 5.86. The average molecular weight is 295 g/mol. The van der Waals surface area contributed by atoms with Gasteiger partial charge in [-0.2, -0.15) is 0 Å². The number of likely N-dealkylation sites (tertiary alicyclic amines) is 1. The largest absolute Gasteiger partial charge is 0.396 e. The lowest BCUT2D eigenvalue weighted by Gasteiger charge is -2.32. The van der Waals surface area contributed by atoms with E-state index in [1.165, 1.54) is 0 Å². The van der Waals surface area contributed by atoms with Gasteiger partial charge in [0.1, 0.15) is 0 Å². The Morgan fingerprint density at radius 2 is 2.00 bits per heavy atom. The van der Waals surface area contributed by atoms with Crippen molar-refractivity contribution in [1.82, 2.24) is 10.2 Å². The van der Waals surface area contributed by atoms with Crippen molar-refractivity contribution < 1.29 is 14.7 Å². The van der Waals surface area contributed by atoms with Crippen LogP contribution in [0.15, 0.2) is 12.2 Å². The Kier molecular flexibility index (Phi) is 5.76. The fraction of sp³-hybridized carbons (Fsp3) is 0.733. The van der Waals surface area contributed by atoms with Crippen molar-refractivity contribution in [3.05, 3.63) is 12.2 Å². The third kappa shape index (κ3) is 4.28. The highest BCUT2D eigenvalue weighted by molar-refractivity contribution is 5.82. The highest BCUT2D eigenvalue weighted by Crippen LogP contribution is 2.23. The van der Waals surface area contributed by atoms with E-state index in [1.807, 2.05) is 17.1 Å². The maximum absolute atomic E-state index is 12.3. The number of aliphatic hydroxyl groups is 1. The van der Waals surface area contributed by atoms with Crippen molar-refractivity contribution in [3.63, 3.8) is 0 Å². The van der Waals surface area contributed by atoms with Crippen LogP contribution in [0.25, 0.3) is 0 Å². The van der Waals surface area contributed by atoms with Gasteiger partial charge in [0, 0.05) is 38.2 Å². The maximum atomic E-state index is 12.3. The summed E-state index contributed by atoms with van der Waals surface area (Å²) in [6.07, 6.45) is 6.49. The smallest absolute Gasteiger partial charge is 0.229 e.